The summed E-state index contributed by atoms with van der Waals surface area (Å²) in [5.41, 5.74) is 18.9. The monoisotopic (exact) mass is 815 g/mol. The molecule has 1 aliphatic carbocycles. The molecular formula is C61H41N3. The van der Waals surface area contributed by atoms with Gasteiger partial charge in [0.15, 0.2) is 6.17 Å². The lowest BCUT2D eigenvalue weighted by Gasteiger charge is -2.45. The molecule has 0 bridgehead atoms. The highest BCUT2D eigenvalue weighted by atomic mass is 15.4. The number of rotatable bonds is 6. The molecule has 1 unspecified atom stereocenters. The van der Waals surface area contributed by atoms with Crippen molar-refractivity contribution < 1.29 is 0 Å². The Kier molecular flexibility index (Phi) is 8.19. The molecular weight excluding hydrogens is 775 g/mol. The Hall–Kier alpha value is -8.27. The quantitative estimate of drug-likeness (QED) is 0.166. The summed E-state index contributed by atoms with van der Waals surface area (Å²) in [6, 6.07) is 88.9. The van der Waals surface area contributed by atoms with Crippen molar-refractivity contribution in [2.45, 2.75) is 11.6 Å². The highest BCUT2D eigenvalue weighted by molar-refractivity contribution is 6.14. The summed E-state index contributed by atoms with van der Waals surface area (Å²) in [7, 11) is 0. The number of hydrogen-bond donors (Lipinski definition) is 0. The number of amidine groups is 1. The van der Waals surface area contributed by atoms with E-state index in [9.17, 15) is 0 Å². The second-order valence-corrected chi connectivity index (χ2v) is 17.0. The normalized spacial score (nSPS) is 15.2. The van der Waals surface area contributed by atoms with Crippen molar-refractivity contribution in [3.05, 3.63) is 276 Å². The van der Waals surface area contributed by atoms with Gasteiger partial charge >= 0.3 is 0 Å². The van der Waals surface area contributed by atoms with E-state index in [0.29, 0.717) is 0 Å². The molecule has 0 aromatic heterocycles. The third-order valence-electron chi connectivity index (χ3n) is 13.6. The number of fused-ring (bicyclic) bond motifs is 11. The van der Waals surface area contributed by atoms with E-state index in [-0.39, 0.29) is 6.17 Å². The minimum absolute atomic E-state index is 0.120. The maximum Gasteiger partial charge on any atom is 0.155 e. The summed E-state index contributed by atoms with van der Waals surface area (Å²) >= 11 is 0. The fourth-order valence-electron chi connectivity index (χ4n) is 10.9. The minimum atomic E-state index is -0.571. The fourth-order valence-corrected chi connectivity index (χ4v) is 10.9. The predicted molar refractivity (Wildman–Crippen MR) is 265 cm³/mol. The maximum absolute atomic E-state index is 5.22. The molecule has 3 heteroatoms. The van der Waals surface area contributed by atoms with Crippen LogP contribution in [0.15, 0.2) is 248 Å². The first kappa shape index (κ1) is 36.4. The molecule has 0 radical (unpaired) electrons. The molecule has 2 heterocycles. The Morgan fingerprint density at radius 1 is 0.375 bits per heavy atom. The Balaban J connectivity index is 0.965. The first-order chi connectivity index (χ1) is 31.8. The van der Waals surface area contributed by atoms with E-state index in [1.807, 2.05) is 0 Å². The molecule has 13 rings (SSSR count). The van der Waals surface area contributed by atoms with Crippen LogP contribution in [-0.4, -0.2) is 5.84 Å². The number of aliphatic imine (C=N–C) groups is 1. The molecule has 0 fully saturated rings. The number of hydrogen-bond acceptors (Lipinski definition) is 3. The largest absolute Gasteiger partial charge is 0.310 e. The van der Waals surface area contributed by atoms with Gasteiger partial charge < -0.3 is 4.90 Å². The van der Waals surface area contributed by atoms with Crippen LogP contribution >= 0.6 is 0 Å². The van der Waals surface area contributed by atoms with Gasteiger partial charge in [0.1, 0.15) is 5.84 Å². The van der Waals surface area contributed by atoms with Crippen LogP contribution in [-0.2, 0) is 5.41 Å². The van der Waals surface area contributed by atoms with Crippen LogP contribution in [0.25, 0.3) is 44.2 Å². The van der Waals surface area contributed by atoms with E-state index in [2.05, 4.69) is 252 Å². The van der Waals surface area contributed by atoms with Crippen molar-refractivity contribution in [3.8, 4) is 33.4 Å². The van der Waals surface area contributed by atoms with Crippen molar-refractivity contribution in [2.75, 3.05) is 9.80 Å². The zero-order valence-corrected chi connectivity index (χ0v) is 35.0. The number of para-hydroxylation sites is 4. The first-order valence-electron chi connectivity index (χ1n) is 22.2. The highest BCUT2D eigenvalue weighted by Crippen LogP contribution is 2.65. The molecule has 300 valence electrons. The van der Waals surface area contributed by atoms with E-state index < -0.39 is 5.41 Å². The van der Waals surface area contributed by atoms with Crippen molar-refractivity contribution in [3.63, 3.8) is 0 Å². The number of benzene rings is 10. The zero-order valence-electron chi connectivity index (χ0n) is 35.0. The van der Waals surface area contributed by atoms with Gasteiger partial charge in [0.05, 0.1) is 16.8 Å². The molecule has 10 aromatic rings. The van der Waals surface area contributed by atoms with Crippen LogP contribution in [0.3, 0.4) is 0 Å². The van der Waals surface area contributed by atoms with Gasteiger partial charge in [-0.3, -0.25) is 4.90 Å². The lowest BCUT2D eigenvalue weighted by atomic mass is 9.63. The van der Waals surface area contributed by atoms with Crippen molar-refractivity contribution >= 4 is 39.4 Å². The van der Waals surface area contributed by atoms with Gasteiger partial charge in [-0.1, -0.05) is 188 Å². The van der Waals surface area contributed by atoms with Crippen LogP contribution < -0.4 is 9.80 Å². The van der Waals surface area contributed by atoms with E-state index >= 15 is 0 Å². The van der Waals surface area contributed by atoms with Crippen LogP contribution in [0, 0.1) is 0 Å². The molecule has 1 atom stereocenters. The smallest absolute Gasteiger partial charge is 0.155 e. The second-order valence-electron chi connectivity index (χ2n) is 17.0. The standard InChI is InChI=1S/C61H41N3/c1-4-19-42(20-5-1)59-62-60(64(59)49-27-8-3-9-28-49)47-24-17-23-45(39-47)43-21-16-22-44(38-43)46-35-36-51-52-37-34-41-18-10-11-29-50(41)58(52)61(55(51)40-46)53-30-12-14-32-56(53)63(48-25-6-2-7-26-48)57-33-15-13-31-54(57)61/h1-40,60H. The lowest BCUT2D eigenvalue weighted by molar-refractivity contribution is 0.690. The molecule has 0 amide bonds. The maximum atomic E-state index is 5.22. The van der Waals surface area contributed by atoms with Crippen LogP contribution in [0.2, 0.25) is 0 Å². The van der Waals surface area contributed by atoms with Crippen molar-refractivity contribution in [1.82, 2.24) is 0 Å². The van der Waals surface area contributed by atoms with Gasteiger partial charge in [-0.15, -0.1) is 0 Å². The van der Waals surface area contributed by atoms with E-state index in [0.717, 1.165) is 28.3 Å². The summed E-state index contributed by atoms with van der Waals surface area (Å²) in [4.78, 5) is 10.0. The molecule has 1 spiro atoms. The first-order valence-corrected chi connectivity index (χ1v) is 22.2. The fraction of sp³-hybridized carbons (Fsp3) is 0.0328. The van der Waals surface area contributed by atoms with Gasteiger partial charge in [-0.05, 0) is 127 Å². The van der Waals surface area contributed by atoms with Crippen LogP contribution in [0.1, 0.15) is 39.5 Å². The van der Waals surface area contributed by atoms with E-state index in [4.69, 9.17) is 4.99 Å². The van der Waals surface area contributed by atoms with Gasteiger partial charge in [0.2, 0.25) is 0 Å². The van der Waals surface area contributed by atoms with Crippen molar-refractivity contribution in [2.24, 2.45) is 4.99 Å². The Labute approximate surface area is 373 Å². The second kappa shape index (κ2) is 14.4. The zero-order chi connectivity index (χ0) is 42.2. The van der Waals surface area contributed by atoms with Gasteiger partial charge in [-0.2, -0.15) is 0 Å². The summed E-state index contributed by atoms with van der Waals surface area (Å²) in [6.45, 7) is 0. The SMILES string of the molecule is c1ccc(C2=NC(c3cccc(-c4cccc(-c5ccc6c(c5)C5(c7ccccc7N(c7ccccc7)c7ccccc75)c5c-6ccc6ccccc56)c4)c3)N2c2ccccc2)cc1. The lowest BCUT2D eigenvalue weighted by Crippen LogP contribution is -2.43. The van der Waals surface area contributed by atoms with Crippen LogP contribution in [0.4, 0.5) is 22.7 Å². The topological polar surface area (TPSA) is 18.8 Å². The average Bonchev–Trinajstić information content (AvgIpc) is 3.65. The van der Waals surface area contributed by atoms with Gasteiger partial charge in [0.25, 0.3) is 0 Å². The van der Waals surface area contributed by atoms with Crippen LogP contribution in [0.5, 0.6) is 0 Å². The highest BCUT2D eigenvalue weighted by Gasteiger charge is 2.52. The predicted octanol–water partition coefficient (Wildman–Crippen LogP) is 15.3. The summed E-state index contributed by atoms with van der Waals surface area (Å²) in [6.07, 6.45) is -0.120. The van der Waals surface area contributed by atoms with Crippen molar-refractivity contribution in [1.29, 1.82) is 0 Å². The van der Waals surface area contributed by atoms with Gasteiger partial charge in [-0.25, -0.2) is 4.99 Å². The van der Waals surface area contributed by atoms with E-state index in [1.165, 1.54) is 77.8 Å². The molecule has 3 aliphatic rings. The summed E-state index contributed by atoms with van der Waals surface area (Å²) in [5, 5.41) is 2.54. The molecule has 3 nitrogen and oxygen atoms in total. The number of anilines is 4. The Bertz CT molecular complexity index is 3420. The number of nitrogens with zero attached hydrogens (tertiary/aromatic N) is 3. The minimum Gasteiger partial charge on any atom is -0.310 e. The molecule has 0 N–H and O–H groups in total. The molecule has 2 aliphatic heterocycles. The molecule has 10 aromatic carbocycles. The van der Waals surface area contributed by atoms with Gasteiger partial charge in [0, 0.05) is 16.9 Å². The summed E-state index contributed by atoms with van der Waals surface area (Å²) in [5.74, 6) is 0.990. The summed E-state index contributed by atoms with van der Waals surface area (Å²) < 4.78 is 0. The molecule has 0 saturated carbocycles. The van der Waals surface area contributed by atoms with E-state index in [1.54, 1.807) is 0 Å². The third-order valence-corrected chi connectivity index (χ3v) is 13.6. The average molecular weight is 816 g/mol. The molecule has 64 heavy (non-hydrogen) atoms. The Morgan fingerprint density at radius 3 is 1.64 bits per heavy atom. The third kappa shape index (κ3) is 5.37. The Morgan fingerprint density at radius 2 is 0.922 bits per heavy atom. The molecule has 0 saturated heterocycles.